The summed E-state index contributed by atoms with van der Waals surface area (Å²) in [6, 6.07) is 85.7. The molecule has 0 radical (unpaired) electrons. The molecule has 0 bridgehead atoms. The van der Waals surface area contributed by atoms with Gasteiger partial charge in [0.05, 0.1) is 27.6 Å². The van der Waals surface area contributed by atoms with Crippen LogP contribution in [0, 0.1) is 0 Å². The number of aromatic nitrogens is 3. The quantitative estimate of drug-likeness (QED) is 0.164. The molecular formula is C67H39BN4. The number of rotatable bonds is 4. The predicted molar refractivity (Wildman–Crippen MR) is 305 cm³/mol. The first-order valence-corrected chi connectivity index (χ1v) is 25.0. The Balaban J connectivity index is 1.02. The number of hydrogen-bond acceptors (Lipinski definition) is 2. The summed E-state index contributed by atoms with van der Waals surface area (Å²) in [7, 11) is 0. The van der Waals surface area contributed by atoms with Crippen molar-refractivity contribution < 1.29 is 0 Å². The minimum atomic E-state index is -0.0337. The Bertz CT molecular complexity index is 4610. The molecule has 15 aromatic rings. The maximum atomic E-state index is 5.23. The van der Waals surface area contributed by atoms with Crippen molar-refractivity contribution in [2.75, 3.05) is 4.90 Å². The summed E-state index contributed by atoms with van der Waals surface area (Å²) in [6.45, 7) is -0.0337. The van der Waals surface area contributed by atoms with E-state index in [-0.39, 0.29) is 6.71 Å². The Kier molecular flexibility index (Phi) is 7.52. The van der Waals surface area contributed by atoms with Gasteiger partial charge in [-0.15, -0.1) is 0 Å². The topological polar surface area (TPSA) is 26.0 Å². The fraction of sp³-hybridized carbons (Fsp3) is 0. The zero-order chi connectivity index (χ0) is 46.8. The summed E-state index contributed by atoms with van der Waals surface area (Å²) in [5, 5.41) is 16.5. The molecule has 0 fully saturated rings. The average molecular weight is 911 g/mol. The molecule has 0 spiro atoms. The molecule has 0 atom stereocenters. The third-order valence-corrected chi connectivity index (χ3v) is 16.2. The van der Waals surface area contributed by atoms with Crippen molar-refractivity contribution in [2.24, 2.45) is 0 Å². The molecule has 2 aliphatic heterocycles. The largest absolute Gasteiger partial charge is 0.310 e. The van der Waals surface area contributed by atoms with Crippen LogP contribution in [-0.2, 0) is 0 Å². The SMILES string of the molecule is c1ccc(N(c2ccccc2)c2ccc3ncc(-c4cc5c6c(c4)-n4c7ccc8ccccc8c7c7c8ccccc8cc(c74)B6c4cc6ccccc6c6c7c8ccccc8ccc7n-5c46)cc3c2)cc1. The van der Waals surface area contributed by atoms with Gasteiger partial charge in [0.1, 0.15) is 0 Å². The van der Waals surface area contributed by atoms with Gasteiger partial charge >= 0.3 is 0 Å². The van der Waals surface area contributed by atoms with E-state index in [1.807, 2.05) is 0 Å². The average Bonchev–Trinajstić information content (AvgIpc) is 4.00. The van der Waals surface area contributed by atoms with E-state index < -0.39 is 0 Å². The van der Waals surface area contributed by atoms with Gasteiger partial charge in [0.25, 0.3) is 6.71 Å². The summed E-state index contributed by atoms with van der Waals surface area (Å²) in [6.07, 6.45) is 2.09. The highest BCUT2D eigenvalue weighted by Crippen LogP contribution is 2.47. The molecule has 5 heterocycles. The van der Waals surface area contributed by atoms with Gasteiger partial charge in [-0.05, 0) is 138 Å². The minimum absolute atomic E-state index is 0.0337. The molecule has 0 unspecified atom stereocenters. The van der Waals surface area contributed by atoms with Crippen LogP contribution in [0.25, 0.3) is 120 Å². The van der Waals surface area contributed by atoms with Crippen LogP contribution in [0.1, 0.15) is 0 Å². The smallest absolute Gasteiger partial charge is 0.252 e. The van der Waals surface area contributed by atoms with Crippen LogP contribution in [0.3, 0.4) is 0 Å². The van der Waals surface area contributed by atoms with E-state index in [1.54, 1.807) is 0 Å². The van der Waals surface area contributed by atoms with E-state index in [0.717, 1.165) is 39.1 Å². The second kappa shape index (κ2) is 14.1. The number of nitrogens with zero attached hydrogens (tertiary/aromatic N) is 4. The van der Waals surface area contributed by atoms with Gasteiger partial charge in [-0.2, -0.15) is 0 Å². The molecule has 0 amide bonds. The van der Waals surface area contributed by atoms with Crippen LogP contribution in [0.2, 0.25) is 0 Å². The molecule has 3 aromatic heterocycles. The van der Waals surface area contributed by atoms with Crippen molar-refractivity contribution in [3.8, 4) is 22.5 Å². The van der Waals surface area contributed by atoms with E-state index in [4.69, 9.17) is 4.98 Å². The molecule has 0 aliphatic carbocycles. The van der Waals surface area contributed by atoms with E-state index in [2.05, 4.69) is 251 Å². The van der Waals surface area contributed by atoms with Crippen LogP contribution in [0.4, 0.5) is 17.1 Å². The maximum Gasteiger partial charge on any atom is 0.252 e. The Labute approximate surface area is 413 Å². The van der Waals surface area contributed by atoms with E-state index in [0.29, 0.717) is 0 Å². The first-order chi connectivity index (χ1) is 35.7. The summed E-state index contributed by atoms with van der Waals surface area (Å²) in [5.74, 6) is 0. The lowest BCUT2D eigenvalue weighted by molar-refractivity contribution is 1.14. The number of benzene rings is 12. The van der Waals surface area contributed by atoms with Crippen molar-refractivity contribution in [1.29, 1.82) is 0 Å². The molecule has 2 aliphatic rings. The first-order valence-electron chi connectivity index (χ1n) is 25.0. The normalized spacial score (nSPS) is 12.7. The second-order valence-electron chi connectivity index (χ2n) is 19.8. The van der Waals surface area contributed by atoms with Gasteiger partial charge in [0, 0.05) is 67.1 Å². The Morgan fingerprint density at radius 1 is 0.347 bits per heavy atom. The number of anilines is 3. The molecule has 5 heteroatoms. The highest BCUT2D eigenvalue weighted by atomic mass is 15.1. The Hall–Kier alpha value is -9.45. The number of pyridine rings is 1. The monoisotopic (exact) mass is 910 g/mol. The summed E-state index contributed by atoms with van der Waals surface area (Å²) in [4.78, 5) is 7.56. The Morgan fingerprint density at radius 3 is 1.35 bits per heavy atom. The number of hydrogen-bond donors (Lipinski definition) is 0. The number of fused-ring (bicyclic) bond motifs is 19. The highest BCUT2D eigenvalue weighted by Gasteiger charge is 2.42. The maximum absolute atomic E-state index is 5.23. The zero-order valence-electron chi connectivity index (χ0n) is 38.9. The summed E-state index contributed by atoms with van der Waals surface area (Å²) >= 11 is 0. The van der Waals surface area contributed by atoms with Crippen molar-refractivity contribution in [2.45, 2.75) is 0 Å². The van der Waals surface area contributed by atoms with Gasteiger partial charge in [0.15, 0.2) is 0 Å². The van der Waals surface area contributed by atoms with Gasteiger partial charge in [-0.3, -0.25) is 4.98 Å². The molecule has 0 saturated heterocycles. The zero-order valence-corrected chi connectivity index (χ0v) is 38.9. The lowest BCUT2D eigenvalue weighted by Gasteiger charge is -2.34. The fourth-order valence-corrected chi connectivity index (χ4v) is 13.3. The van der Waals surface area contributed by atoms with Gasteiger partial charge in [-0.1, -0.05) is 158 Å². The fourth-order valence-electron chi connectivity index (χ4n) is 13.3. The van der Waals surface area contributed by atoms with Crippen LogP contribution in [0.15, 0.2) is 237 Å². The second-order valence-corrected chi connectivity index (χ2v) is 19.8. The number of para-hydroxylation sites is 2. The van der Waals surface area contributed by atoms with Crippen molar-refractivity contribution in [3.63, 3.8) is 0 Å². The molecular weight excluding hydrogens is 872 g/mol. The highest BCUT2D eigenvalue weighted by molar-refractivity contribution is 7.00. The van der Waals surface area contributed by atoms with Gasteiger partial charge in [-0.25, -0.2) is 0 Å². The summed E-state index contributed by atoms with van der Waals surface area (Å²) in [5.41, 5.74) is 17.9. The van der Waals surface area contributed by atoms with Gasteiger partial charge in [0.2, 0.25) is 0 Å². The molecule has 0 saturated carbocycles. The standard InChI is InChI=1S/C67H39BN4/c1-3-19-47(20-4-1)70(48-21-5-2-6-22-48)49-29-30-56-45(34-49)33-46(39-69-56)44-37-59-65-60(38-44)72-58-32-28-41-16-8-12-24-51(41)62(58)64-53-26-14-10-18-43(53)36-55(67(64)72)68(65)54-35-42-17-9-13-25-52(42)63-61-50-23-11-7-15-40(50)27-31-57(61)71(59)66(54)63/h1-39H. The Morgan fingerprint density at radius 2 is 0.819 bits per heavy atom. The molecule has 17 rings (SSSR count). The van der Waals surface area contributed by atoms with Gasteiger partial charge < -0.3 is 14.0 Å². The van der Waals surface area contributed by atoms with E-state index >= 15 is 0 Å². The van der Waals surface area contributed by atoms with Crippen LogP contribution in [0.5, 0.6) is 0 Å². The van der Waals surface area contributed by atoms with Crippen molar-refractivity contribution >= 4 is 138 Å². The van der Waals surface area contributed by atoms with Crippen LogP contribution < -0.4 is 21.3 Å². The molecule has 4 nitrogen and oxygen atoms in total. The molecule has 0 N–H and O–H groups in total. The predicted octanol–water partition coefficient (Wildman–Crippen LogP) is 15.3. The van der Waals surface area contributed by atoms with Crippen LogP contribution >= 0.6 is 0 Å². The molecule has 330 valence electrons. The lowest BCUT2D eigenvalue weighted by Crippen LogP contribution is -2.59. The van der Waals surface area contributed by atoms with E-state index in [9.17, 15) is 0 Å². The lowest BCUT2D eigenvalue weighted by atomic mass is 9.34. The molecule has 12 aromatic carbocycles. The van der Waals surface area contributed by atoms with Crippen molar-refractivity contribution in [1.82, 2.24) is 14.1 Å². The van der Waals surface area contributed by atoms with Crippen molar-refractivity contribution in [3.05, 3.63) is 237 Å². The molecule has 72 heavy (non-hydrogen) atoms. The van der Waals surface area contributed by atoms with E-state index in [1.165, 1.54) is 114 Å². The minimum Gasteiger partial charge on any atom is -0.310 e. The third kappa shape index (κ3) is 5.03. The third-order valence-electron chi connectivity index (χ3n) is 16.2. The van der Waals surface area contributed by atoms with Crippen LogP contribution in [-0.4, -0.2) is 20.8 Å². The first kappa shape index (κ1) is 38.4. The summed E-state index contributed by atoms with van der Waals surface area (Å²) < 4.78 is 5.26.